The molecule has 0 fully saturated rings. The fraction of sp³-hybridized carbons (Fsp3) is 0.0526. The number of thiophene rings is 1. The van der Waals surface area contributed by atoms with Crippen LogP contribution in [0.2, 0.25) is 4.34 Å². The second kappa shape index (κ2) is 6.96. The number of hydrogen-bond donors (Lipinski definition) is 1. The van der Waals surface area contributed by atoms with Crippen molar-refractivity contribution in [2.45, 2.75) is 6.42 Å². The Hall–Kier alpha value is -2.21. The topological polar surface area (TPSA) is 42.0 Å². The van der Waals surface area contributed by atoms with Gasteiger partial charge in [-0.05, 0) is 36.4 Å². The van der Waals surface area contributed by atoms with Crippen LogP contribution in [-0.2, 0) is 11.2 Å². The molecule has 1 N–H and O–H groups in total. The van der Waals surface area contributed by atoms with Gasteiger partial charge in [0, 0.05) is 10.4 Å². The number of carbonyl (C=O) groups excluding carboxylic acids is 1. The molecule has 0 spiro atoms. The van der Waals surface area contributed by atoms with Crippen LogP contribution in [0.1, 0.15) is 4.88 Å². The maximum Gasteiger partial charge on any atom is 0.229 e. The van der Waals surface area contributed by atoms with Gasteiger partial charge in [-0.3, -0.25) is 4.79 Å². The van der Waals surface area contributed by atoms with Gasteiger partial charge >= 0.3 is 0 Å². The quantitative estimate of drug-likeness (QED) is 0.478. The van der Waals surface area contributed by atoms with E-state index in [0.717, 1.165) is 31.4 Å². The van der Waals surface area contributed by atoms with Gasteiger partial charge in [-0.25, -0.2) is 4.98 Å². The maximum absolute atomic E-state index is 12.4. The lowest BCUT2D eigenvalue weighted by atomic mass is 10.2. The molecule has 2 aromatic heterocycles. The molecule has 4 rings (SSSR count). The fourth-order valence-electron chi connectivity index (χ4n) is 2.57. The van der Waals surface area contributed by atoms with E-state index in [-0.39, 0.29) is 5.91 Å². The van der Waals surface area contributed by atoms with E-state index in [1.807, 2.05) is 54.6 Å². The first kappa shape index (κ1) is 16.3. The largest absolute Gasteiger partial charge is 0.325 e. The van der Waals surface area contributed by atoms with Gasteiger partial charge in [-0.2, -0.15) is 0 Å². The van der Waals surface area contributed by atoms with Gasteiger partial charge in [0.05, 0.1) is 26.7 Å². The molecule has 2 heterocycles. The predicted octanol–water partition coefficient (Wildman–Crippen LogP) is 5.86. The minimum absolute atomic E-state index is 0.0629. The molecule has 0 atom stereocenters. The zero-order valence-corrected chi connectivity index (χ0v) is 15.4. The monoisotopic (exact) mass is 384 g/mol. The number of anilines is 1. The van der Waals surface area contributed by atoms with Crippen LogP contribution >= 0.6 is 34.3 Å². The van der Waals surface area contributed by atoms with Crippen LogP contribution in [0, 0.1) is 0 Å². The van der Waals surface area contributed by atoms with Crippen molar-refractivity contribution in [1.82, 2.24) is 4.98 Å². The molecular formula is C19H13ClN2OS2. The van der Waals surface area contributed by atoms with E-state index >= 15 is 0 Å². The zero-order chi connectivity index (χ0) is 17.2. The molecule has 3 nitrogen and oxygen atoms in total. The number of amides is 1. The highest BCUT2D eigenvalue weighted by Gasteiger charge is 2.13. The first-order valence-electron chi connectivity index (χ1n) is 7.68. The summed E-state index contributed by atoms with van der Waals surface area (Å²) in [5.74, 6) is -0.0629. The van der Waals surface area contributed by atoms with Crippen LogP contribution in [-0.4, -0.2) is 10.9 Å². The number of halogens is 1. The summed E-state index contributed by atoms with van der Waals surface area (Å²) in [6.07, 6.45) is 0.311. The lowest BCUT2D eigenvalue weighted by Crippen LogP contribution is -2.14. The summed E-state index contributed by atoms with van der Waals surface area (Å²) in [6.45, 7) is 0. The van der Waals surface area contributed by atoms with Crippen LogP contribution in [0.4, 0.5) is 5.69 Å². The van der Waals surface area contributed by atoms with Crippen molar-refractivity contribution in [1.29, 1.82) is 0 Å². The number of thiazole rings is 1. The molecule has 2 aromatic carbocycles. The van der Waals surface area contributed by atoms with E-state index in [1.54, 1.807) is 11.3 Å². The first-order chi connectivity index (χ1) is 12.2. The number of nitrogens with one attached hydrogen (secondary N) is 1. The Morgan fingerprint density at radius 3 is 2.60 bits per heavy atom. The molecule has 0 saturated heterocycles. The van der Waals surface area contributed by atoms with E-state index in [9.17, 15) is 4.79 Å². The van der Waals surface area contributed by atoms with Gasteiger partial charge in [0.1, 0.15) is 5.01 Å². The van der Waals surface area contributed by atoms with Crippen molar-refractivity contribution in [3.8, 4) is 10.6 Å². The van der Waals surface area contributed by atoms with Crippen LogP contribution < -0.4 is 5.32 Å². The smallest absolute Gasteiger partial charge is 0.229 e. The molecule has 0 bridgehead atoms. The van der Waals surface area contributed by atoms with Gasteiger partial charge in [0.25, 0.3) is 0 Å². The number of benzene rings is 2. The molecule has 0 aliphatic carbocycles. The Morgan fingerprint density at radius 1 is 1.00 bits per heavy atom. The number of nitrogens with zero attached hydrogens (tertiary/aromatic N) is 1. The van der Waals surface area contributed by atoms with Gasteiger partial charge in [0.15, 0.2) is 0 Å². The van der Waals surface area contributed by atoms with E-state index in [2.05, 4.69) is 11.4 Å². The second-order valence-corrected chi connectivity index (χ2v) is 8.29. The number of fused-ring (bicyclic) bond motifs is 1. The molecule has 124 valence electrons. The molecule has 0 unspecified atom stereocenters. The number of para-hydroxylation sites is 2. The van der Waals surface area contributed by atoms with Gasteiger partial charge < -0.3 is 5.32 Å². The Balaban J connectivity index is 1.61. The minimum Gasteiger partial charge on any atom is -0.325 e. The summed E-state index contributed by atoms with van der Waals surface area (Å²) in [7, 11) is 0. The van der Waals surface area contributed by atoms with Gasteiger partial charge in [0.2, 0.25) is 5.91 Å². The molecule has 0 aliphatic heterocycles. The Bertz CT molecular complexity index is 1020. The Kier molecular flexibility index (Phi) is 4.53. The first-order valence-corrected chi connectivity index (χ1v) is 9.69. The van der Waals surface area contributed by atoms with E-state index in [1.165, 1.54) is 11.3 Å². The SMILES string of the molecule is O=C(Cc1ccc(Cl)s1)Nc1ccccc1-c1nc2ccccc2s1. The average Bonchev–Trinajstić information content (AvgIpc) is 3.21. The molecule has 25 heavy (non-hydrogen) atoms. The number of rotatable bonds is 4. The molecule has 6 heteroatoms. The highest BCUT2D eigenvalue weighted by atomic mass is 35.5. The van der Waals surface area contributed by atoms with Gasteiger partial charge in [-0.15, -0.1) is 22.7 Å². The molecule has 1 amide bonds. The van der Waals surface area contributed by atoms with E-state index < -0.39 is 0 Å². The van der Waals surface area contributed by atoms with E-state index in [0.29, 0.717) is 10.8 Å². The summed E-state index contributed by atoms with van der Waals surface area (Å²) in [6, 6.07) is 19.5. The number of carbonyl (C=O) groups is 1. The second-order valence-electron chi connectivity index (χ2n) is 5.46. The van der Waals surface area contributed by atoms with Crippen molar-refractivity contribution in [3.63, 3.8) is 0 Å². The van der Waals surface area contributed by atoms with Crippen LogP contribution in [0.3, 0.4) is 0 Å². The fourth-order valence-corrected chi connectivity index (χ4v) is 4.66. The summed E-state index contributed by atoms with van der Waals surface area (Å²) >= 11 is 8.97. The molecule has 0 saturated carbocycles. The van der Waals surface area contributed by atoms with Crippen molar-refractivity contribution in [3.05, 3.63) is 69.9 Å². The molecule has 0 aliphatic rings. The van der Waals surface area contributed by atoms with Crippen LogP contribution in [0.5, 0.6) is 0 Å². The van der Waals surface area contributed by atoms with Crippen molar-refractivity contribution < 1.29 is 4.79 Å². The summed E-state index contributed by atoms with van der Waals surface area (Å²) in [5, 5.41) is 3.90. The molecular weight excluding hydrogens is 372 g/mol. The van der Waals surface area contributed by atoms with Crippen molar-refractivity contribution in [2.24, 2.45) is 0 Å². The normalized spacial score (nSPS) is 10.9. The van der Waals surface area contributed by atoms with Crippen molar-refractivity contribution in [2.75, 3.05) is 5.32 Å². The zero-order valence-electron chi connectivity index (χ0n) is 13.0. The third-order valence-electron chi connectivity index (χ3n) is 3.69. The third-order valence-corrected chi connectivity index (χ3v) is 5.99. The van der Waals surface area contributed by atoms with Crippen LogP contribution in [0.25, 0.3) is 20.8 Å². The summed E-state index contributed by atoms with van der Waals surface area (Å²) in [5.41, 5.74) is 2.67. The molecule has 4 aromatic rings. The van der Waals surface area contributed by atoms with E-state index in [4.69, 9.17) is 16.6 Å². The highest BCUT2D eigenvalue weighted by molar-refractivity contribution is 7.21. The molecule has 0 radical (unpaired) electrons. The van der Waals surface area contributed by atoms with Crippen LogP contribution in [0.15, 0.2) is 60.7 Å². The predicted molar refractivity (Wildman–Crippen MR) is 107 cm³/mol. The Morgan fingerprint density at radius 2 is 1.80 bits per heavy atom. The van der Waals surface area contributed by atoms with Gasteiger partial charge in [-0.1, -0.05) is 35.9 Å². The minimum atomic E-state index is -0.0629. The average molecular weight is 385 g/mol. The number of aromatic nitrogens is 1. The Labute approximate surface area is 157 Å². The van der Waals surface area contributed by atoms with Crippen molar-refractivity contribution >= 4 is 56.1 Å². The number of hydrogen-bond acceptors (Lipinski definition) is 4. The lowest BCUT2D eigenvalue weighted by molar-refractivity contribution is -0.115. The lowest BCUT2D eigenvalue weighted by Gasteiger charge is -2.08. The third kappa shape index (κ3) is 3.58. The maximum atomic E-state index is 12.4. The summed E-state index contributed by atoms with van der Waals surface area (Å²) in [4.78, 5) is 18.0. The standard InChI is InChI=1S/C19H13ClN2OS2/c20-17-10-9-12(24-17)11-18(23)21-14-6-2-1-5-13(14)19-22-15-7-3-4-8-16(15)25-19/h1-10H,11H2,(H,21,23). The highest BCUT2D eigenvalue weighted by Crippen LogP contribution is 2.34. The summed E-state index contributed by atoms with van der Waals surface area (Å²) < 4.78 is 1.82.